The molecule has 0 saturated carbocycles. The monoisotopic (exact) mass is 307 g/mol. The second-order valence-corrected chi connectivity index (χ2v) is 6.52. The van der Waals surface area contributed by atoms with Crippen molar-refractivity contribution in [3.05, 3.63) is 66.2 Å². The first-order chi connectivity index (χ1) is 10.3. The van der Waals surface area contributed by atoms with E-state index in [4.69, 9.17) is 0 Å². The quantitative estimate of drug-likeness (QED) is 0.590. The van der Waals surface area contributed by atoms with Crippen LogP contribution in [0.3, 0.4) is 0 Å². The van der Waals surface area contributed by atoms with Crippen LogP contribution in [-0.2, 0) is 0 Å². The molecule has 3 aromatic carbocycles. The Morgan fingerprint density at radius 3 is 2.38 bits per heavy atom. The molecule has 0 atom stereocenters. The standard InChI is InChI=1S/C18H13NS2/c1-20-17-7-4-8-18(16(17)12-19)21-15-10-9-13-5-2-3-6-14(13)11-15/h2-11H,1H3. The number of nitrogens with zero attached hydrogens (tertiary/aromatic N) is 1. The number of rotatable bonds is 3. The van der Waals surface area contributed by atoms with Gasteiger partial charge in [0.2, 0.25) is 0 Å². The van der Waals surface area contributed by atoms with Gasteiger partial charge in [0, 0.05) is 14.7 Å². The number of hydrogen-bond acceptors (Lipinski definition) is 3. The third kappa shape index (κ3) is 2.92. The summed E-state index contributed by atoms with van der Waals surface area (Å²) in [6, 6.07) is 23.1. The van der Waals surface area contributed by atoms with E-state index in [0.717, 1.165) is 20.2 Å². The molecule has 0 unspecified atom stereocenters. The lowest BCUT2D eigenvalue weighted by Crippen LogP contribution is -1.85. The summed E-state index contributed by atoms with van der Waals surface area (Å²) in [4.78, 5) is 3.20. The van der Waals surface area contributed by atoms with Gasteiger partial charge in [0.15, 0.2) is 0 Å². The Balaban J connectivity index is 2.01. The first kappa shape index (κ1) is 14.1. The molecule has 0 aromatic heterocycles. The van der Waals surface area contributed by atoms with Gasteiger partial charge in [0.05, 0.1) is 5.56 Å². The highest BCUT2D eigenvalue weighted by Crippen LogP contribution is 2.35. The predicted molar refractivity (Wildman–Crippen MR) is 91.0 cm³/mol. The zero-order chi connectivity index (χ0) is 14.7. The van der Waals surface area contributed by atoms with E-state index in [1.165, 1.54) is 10.8 Å². The van der Waals surface area contributed by atoms with E-state index in [-0.39, 0.29) is 0 Å². The lowest BCUT2D eigenvalue weighted by molar-refractivity contribution is 1.26. The van der Waals surface area contributed by atoms with E-state index in [1.54, 1.807) is 23.5 Å². The van der Waals surface area contributed by atoms with Gasteiger partial charge in [0.25, 0.3) is 0 Å². The molecule has 0 saturated heterocycles. The van der Waals surface area contributed by atoms with E-state index in [1.807, 2.05) is 36.6 Å². The van der Waals surface area contributed by atoms with Crippen LogP contribution in [0.15, 0.2) is 75.4 Å². The van der Waals surface area contributed by atoms with Crippen molar-refractivity contribution in [3.63, 3.8) is 0 Å². The van der Waals surface area contributed by atoms with Crippen LogP contribution in [0.2, 0.25) is 0 Å². The minimum Gasteiger partial charge on any atom is -0.192 e. The van der Waals surface area contributed by atoms with Crippen molar-refractivity contribution in [2.24, 2.45) is 0 Å². The highest BCUT2D eigenvalue weighted by Gasteiger charge is 2.09. The van der Waals surface area contributed by atoms with Crippen molar-refractivity contribution in [2.75, 3.05) is 6.26 Å². The maximum atomic E-state index is 9.40. The van der Waals surface area contributed by atoms with E-state index in [9.17, 15) is 5.26 Å². The molecule has 0 N–H and O–H groups in total. The van der Waals surface area contributed by atoms with Crippen LogP contribution >= 0.6 is 23.5 Å². The van der Waals surface area contributed by atoms with Crippen molar-refractivity contribution in [1.29, 1.82) is 5.26 Å². The normalized spacial score (nSPS) is 10.5. The molecule has 0 aliphatic rings. The molecular formula is C18H13NS2. The fraction of sp³-hybridized carbons (Fsp3) is 0.0556. The van der Waals surface area contributed by atoms with Gasteiger partial charge >= 0.3 is 0 Å². The Morgan fingerprint density at radius 1 is 0.857 bits per heavy atom. The zero-order valence-corrected chi connectivity index (χ0v) is 13.2. The Kier molecular flexibility index (Phi) is 4.19. The lowest BCUT2D eigenvalue weighted by atomic mass is 10.1. The van der Waals surface area contributed by atoms with Crippen LogP contribution in [0.1, 0.15) is 5.56 Å². The highest BCUT2D eigenvalue weighted by molar-refractivity contribution is 8.00. The first-order valence-corrected chi connectivity index (χ1v) is 8.59. The molecule has 21 heavy (non-hydrogen) atoms. The summed E-state index contributed by atoms with van der Waals surface area (Å²) >= 11 is 3.26. The van der Waals surface area contributed by atoms with Crippen LogP contribution in [0.4, 0.5) is 0 Å². The van der Waals surface area contributed by atoms with Gasteiger partial charge in [-0.1, -0.05) is 48.2 Å². The van der Waals surface area contributed by atoms with Crippen molar-refractivity contribution < 1.29 is 0 Å². The number of benzene rings is 3. The van der Waals surface area contributed by atoms with Crippen LogP contribution < -0.4 is 0 Å². The van der Waals surface area contributed by atoms with Gasteiger partial charge in [-0.2, -0.15) is 5.26 Å². The summed E-state index contributed by atoms with van der Waals surface area (Å²) in [6.07, 6.45) is 2.00. The second kappa shape index (κ2) is 6.26. The lowest BCUT2D eigenvalue weighted by Gasteiger charge is -2.08. The Hall–Kier alpha value is -1.89. The minimum absolute atomic E-state index is 0.767. The molecule has 0 fully saturated rings. The largest absolute Gasteiger partial charge is 0.192 e. The number of thioether (sulfide) groups is 1. The van der Waals surface area contributed by atoms with Crippen LogP contribution in [0.25, 0.3) is 10.8 Å². The molecule has 0 bridgehead atoms. The predicted octanol–water partition coefficient (Wildman–Crippen LogP) is 5.58. The van der Waals surface area contributed by atoms with Gasteiger partial charge in [-0.25, -0.2) is 0 Å². The summed E-state index contributed by atoms with van der Waals surface area (Å²) in [5.41, 5.74) is 0.767. The third-order valence-electron chi connectivity index (χ3n) is 3.27. The molecule has 3 heteroatoms. The molecule has 0 amide bonds. The minimum atomic E-state index is 0.767. The molecule has 1 nitrogen and oxygen atoms in total. The van der Waals surface area contributed by atoms with Gasteiger partial charge in [-0.3, -0.25) is 0 Å². The summed E-state index contributed by atoms with van der Waals surface area (Å²) in [5.74, 6) is 0. The van der Waals surface area contributed by atoms with Gasteiger partial charge in [-0.15, -0.1) is 11.8 Å². The molecule has 0 heterocycles. The van der Waals surface area contributed by atoms with Crippen LogP contribution in [0.5, 0.6) is 0 Å². The fourth-order valence-electron chi connectivity index (χ4n) is 2.23. The molecule has 0 aliphatic carbocycles. The van der Waals surface area contributed by atoms with Gasteiger partial charge in [-0.05, 0) is 41.3 Å². The molecular weight excluding hydrogens is 294 g/mol. The fourth-order valence-corrected chi connectivity index (χ4v) is 3.85. The van der Waals surface area contributed by atoms with E-state index >= 15 is 0 Å². The molecule has 0 aliphatic heterocycles. The summed E-state index contributed by atoms with van der Waals surface area (Å²) in [5, 5.41) is 11.9. The molecule has 3 aromatic rings. The molecule has 0 radical (unpaired) electrons. The van der Waals surface area contributed by atoms with E-state index in [2.05, 4.69) is 36.4 Å². The maximum absolute atomic E-state index is 9.40. The molecule has 0 spiro atoms. The topological polar surface area (TPSA) is 23.8 Å². The van der Waals surface area contributed by atoms with Crippen molar-refractivity contribution in [1.82, 2.24) is 0 Å². The van der Waals surface area contributed by atoms with Crippen molar-refractivity contribution in [2.45, 2.75) is 14.7 Å². The average molecular weight is 307 g/mol. The van der Waals surface area contributed by atoms with Crippen LogP contribution in [-0.4, -0.2) is 6.26 Å². The SMILES string of the molecule is CSc1cccc(Sc2ccc3ccccc3c2)c1C#N. The van der Waals surface area contributed by atoms with E-state index in [0.29, 0.717) is 0 Å². The average Bonchev–Trinajstić information content (AvgIpc) is 2.54. The van der Waals surface area contributed by atoms with Crippen LogP contribution in [0, 0.1) is 11.3 Å². The molecule has 102 valence electrons. The Bertz CT molecular complexity index is 834. The smallest absolute Gasteiger partial charge is 0.101 e. The Labute approximate surface area is 133 Å². The Morgan fingerprint density at radius 2 is 1.62 bits per heavy atom. The summed E-state index contributed by atoms with van der Waals surface area (Å²) in [6.45, 7) is 0. The van der Waals surface area contributed by atoms with Crippen molar-refractivity contribution >= 4 is 34.3 Å². The van der Waals surface area contributed by atoms with Gasteiger partial charge < -0.3 is 0 Å². The zero-order valence-electron chi connectivity index (χ0n) is 11.5. The van der Waals surface area contributed by atoms with E-state index < -0.39 is 0 Å². The maximum Gasteiger partial charge on any atom is 0.101 e. The van der Waals surface area contributed by atoms with Gasteiger partial charge in [0.1, 0.15) is 6.07 Å². The number of hydrogen-bond donors (Lipinski definition) is 0. The van der Waals surface area contributed by atoms with Crippen molar-refractivity contribution in [3.8, 4) is 6.07 Å². The number of nitriles is 1. The summed E-state index contributed by atoms with van der Waals surface area (Å²) in [7, 11) is 0. The molecule has 3 rings (SSSR count). The number of fused-ring (bicyclic) bond motifs is 1. The second-order valence-electron chi connectivity index (χ2n) is 4.56. The summed E-state index contributed by atoms with van der Waals surface area (Å²) < 4.78 is 0. The highest BCUT2D eigenvalue weighted by atomic mass is 32.2. The third-order valence-corrected chi connectivity index (χ3v) is 5.10. The first-order valence-electron chi connectivity index (χ1n) is 6.55.